The van der Waals surface area contributed by atoms with Crippen LogP contribution < -0.4 is 10.1 Å². The maximum absolute atomic E-state index is 12.6. The fourth-order valence-corrected chi connectivity index (χ4v) is 3.86. The van der Waals surface area contributed by atoms with E-state index in [4.69, 9.17) is 20.9 Å². The molecule has 0 bridgehead atoms. The summed E-state index contributed by atoms with van der Waals surface area (Å²) in [7, 11) is 0. The SMILES string of the molecule is O=C(NC1CCC(Oc2ccc(Cl)cn2)CC1)c1noc2c1CCCC2. The largest absolute Gasteiger partial charge is 0.474 e. The highest BCUT2D eigenvalue weighted by Gasteiger charge is 2.28. The fourth-order valence-electron chi connectivity index (χ4n) is 3.74. The maximum atomic E-state index is 12.6. The lowest BCUT2D eigenvalue weighted by atomic mass is 9.92. The number of carbonyl (C=O) groups excluding carboxylic acids is 1. The third-order valence-electron chi connectivity index (χ3n) is 5.16. The van der Waals surface area contributed by atoms with E-state index in [1.165, 1.54) is 0 Å². The molecular weight excluding hydrogens is 354 g/mol. The van der Waals surface area contributed by atoms with E-state index in [1.807, 2.05) is 0 Å². The molecule has 0 saturated heterocycles. The van der Waals surface area contributed by atoms with Crippen molar-refractivity contribution in [3.63, 3.8) is 0 Å². The smallest absolute Gasteiger partial charge is 0.273 e. The molecule has 2 aromatic rings. The molecule has 0 spiro atoms. The van der Waals surface area contributed by atoms with Crippen LogP contribution in [0.5, 0.6) is 5.88 Å². The zero-order valence-corrected chi connectivity index (χ0v) is 15.3. The lowest BCUT2D eigenvalue weighted by Gasteiger charge is -2.29. The molecule has 0 aliphatic heterocycles. The number of aromatic nitrogens is 2. The first-order valence-corrected chi connectivity index (χ1v) is 9.63. The molecule has 7 heteroatoms. The molecule has 2 heterocycles. The zero-order chi connectivity index (χ0) is 17.9. The number of nitrogens with one attached hydrogen (secondary N) is 1. The number of pyridine rings is 1. The molecule has 0 unspecified atom stereocenters. The molecular formula is C19H22ClN3O3. The standard InChI is InChI=1S/C19H22ClN3O3/c20-12-5-10-17(21-11-12)25-14-8-6-13(7-9-14)22-19(24)18-15-3-1-2-4-16(15)26-23-18/h5,10-11,13-14H,1-4,6-9H2,(H,22,24). The fraction of sp³-hybridized carbons (Fsp3) is 0.526. The average Bonchev–Trinajstić information content (AvgIpc) is 3.09. The lowest BCUT2D eigenvalue weighted by Crippen LogP contribution is -2.40. The molecule has 2 aliphatic rings. The van der Waals surface area contributed by atoms with Gasteiger partial charge in [-0.3, -0.25) is 4.79 Å². The van der Waals surface area contributed by atoms with Crippen LogP contribution in [0.25, 0.3) is 0 Å². The van der Waals surface area contributed by atoms with E-state index in [0.29, 0.717) is 16.6 Å². The van der Waals surface area contributed by atoms with Crippen LogP contribution >= 0.6 is 11.6 Å². The van der Waals surface area contributed by atoms with Gasteiger partial charge in [-0.2, -0.15) is 0 Å². The van der Waals surface area contributed by atoms with E-state index >= 15 is 0 Å². The van der Waals surface area contributed by atoms with E-state index in [2.05, 4.69) is 15.5 Å². The van der Waals surface area contributed by atoms with E-state index in [-0.39, 0.29) is 18.1 Å². The van der Waals surface area contributed by atoms with Gasteiger partial charge in [-0.15, -0.1) is 0 Å². The molecule has 4 rings (SSSR count). The molecule has 1 amide bonds. The van der Waals surface area contributed by atoms with Crippen molar-refractivity contribution in [1.82, 2.24) is 15.5 Å². The van der Waals surface area contributed by atoms with Crippen molar-refractivity contribution in [2.24, 2.45) is 0 Å². The van der Waals surface area contributed by atoms with Crippen LogP contribution in [-0.2, 0) is 12.8 Å². The molecule has 0 atom stereocenters. The Kier molecular flexibility index (Phi) is 5.11. The van der Waals surface area contributed by atoms with Crippen molar-refractivity contribution in [2.75, 3.05) is 0 Å². The van der Waals surface area contributed by atoms with Gasteiger partial charge in [0.2, 0.25) is 5.88 Å². The van der Waals surface area contributed by atoms with Crippen LogP contribution in [0.3, 0.4) is 0 Å². The summed E-state index contributed by atoms with van der Waals surface area (Å²) in [5.41, 5.74) is 1.48. The molecule has 138 valence electrons. The minimum atomic E-state index is -0.111. The molecule has 1 saturated carbocycles. The number of hydrogen-bond acceptors (Lipinski definition) is 5. The quantitative estimate of drug-likeness (QED) is 0.881. The predicted octanol–water partition coefficient (Wildman–Crippen LogP) is 3.72. The van der Waals surface area contributed by atoms with Crippen molar-refractivity contribution in [3.8, 4) is 5.88 Å². The monoisotopic (exact) mass is 375 g/mol. The second-order valence-corrected chi connectivity index (χ2v) is 7.46. The summed E-state index contributed by atoms with van der Waals surface area (Å²) in [4.78, 5) is 16.7. The topological polar surface area (TPSA) is 77.2 Å². The molecule has 1 N–H and O–H groups in total. The normalized spacial score (nSPS) is 22.5. The van der Waals surface area contributed by atoms with Crippen molar-refractivity contribution < 1.29 is 14.1 Å². The molecule has 6 nitrogen and oxygen atoms in total. The van der Waals surface area contributed by atoms with Crippen LogP contribution in [0.15, 0.2) is 22.9 Å². The minimum absolute atomic E-state index is 0.111. The Balaban J connectivity index is 1.29. The summed E-state index contributed by atoms with van der Waals surface area (Å²) >= 11 is 5.84. The highest BCUT2D eigenvalue weighted by atomic mass is 35.5. The zero-order valence-electron chi connectivity index (χ0n) is 14.5. The van der Waals surface area contributed by atoms with Crippen LogP contribution in [0, 0.1) is 0 Å². The molecule has 0 aromatic carbocycles. The first-order chi connectivity index (χ1) is 12.7. The van der Waals surface area contributed by atoms with Gasteiger partial charge in [-0.25, -0.2) is 4.98 Å². The van der Waals surface area contributed by atoms with Crippen molar-refractivity contribution >= 4 is 17.5 Å². The summed E-state index contributed by atoms with van der Waals surface area (Å²) in [5, 5.41) is 7.72. The van der Waals surface area contributed by atoms with E-state index < -0.39 is 0 Å². The Hall–Kier alpha value is -2.08. The Morgan fingerprint density at radius 1 is 1.19 bits per heavy atom. The third-order valence-corrected chi connectivity index (χ3v) is 5.39. The van der Waals surface area contributed by atoms with Crippen LogP contribution in [-0.4, -0.2) is 28.2 Å². The summed E-state index contributed by atoms with van der Waals surface area (Å²) in [6.07, 6.45) is 9.20. The summed E-state index contributed by atoms with van der Waals surface area (Å²) in [6.45, 7) is 0. The average molecular weight is 376 g/mol. The Bertz CT molecular complexity index is 767. The van der Waals surface area contributed by atoms with Gasteiger partial charge in [0.05, 0.1) is 5.02 Å². The number of rotatable bonds is 4. The molecule has 26 heavy (non-hydrogen) atoms. The van der Waals surface area contributed by atoms with Crippen molar-refractivity contribution in [3.05, 3.63) is 40.4 Å². The third kappa shape index (κ3) is 3.85. The second-order valence-electron chi connectivity index (χ2n) is 7.02. The predicted molar refractivity (Wildman–Crippen MR) is 96.5 cm³/mol. The maximum Gasteiger partial charge on any atom is 0.273 e. The molecule has 2 aromatic heterocycles. The van der Waals surface area contributed by atoms with Gasteiger partial charge in [0.15, 0.2) is 5.69 Å². The molecule has 2 aliphatic carbocycles. The van der Waals surface area contributed by atoms with E-state index in [0.717, 1.165) is 62.7 Å². The van der Waals surface area contributed by atoms with Crippen LogP contribution in [0.4, 0.5) is 0 Å². The first kappa shape index (κ1) is 17.3. The van der Waals surface area contributed by atoms with Crippen LogP contribution in [0.1, 0.15) is 60.3 Å². The number of amides is 1. The molecule has 1 fully saturated rings. The van der Waals surface area contributed by atoms with Gasteiger partial charge in [0.25, 0.3) is 5.91 Å². The van der Waals surface area contributed by atoms with E-state index in [9.17, 15) is 4.79 Å². The summed E-state index contributed by atoms with van der Waals surface area (Å²) in [5.74, 6) is 1.37. The second kappa shape index (κ2) is 7.66. The van der Waals surface area contributed by atoms with Crippen molar-refractivity contribution in [1.29, 1.82) is 0 Å². The Morgan fingerprint density at radius 2 is 2.00 bits per heavy atom. The van der Waals surface area contributed by atoms with Gasteiger partial charge >= 0.3 is 0 Å². The van der Waals surface area contributed by atoms with Gasteiger partial charge in [0, 0.05) is 30.3 Å². The summed E-state index contributed by atoms with van der Waals surface area (Å²) < 4.78 is 11.2. The first-order valence-electron chi connectivity index (χ1n) is 9.25. The number of aryl methyl sites for hydroxylation is 1. The Labute approximate surface area is 157 Å². The van der Waals surface area contributed by atoms with Gasteiger partial charge in [-0.05, 0) is 51.0 Å². The number of nitrogens with zero attached hydrogens (tertiary/aromatic N) is 2. The number of halogens is 1. The minimum Gasteiger partial charge on any atom is -0.474 e. The summed E-state index contributed by atoms with van der Waals surface area (Å²) in [6, 6.07) is 3.70. The highest BCUT2D eigenvalue weighted by molar-refractivity contribution is 6.30. The van der Waals surface area contributed by atoms with Gasteiger partial charge < -0.3 is 14.6 Å². The van der Waals surface area contributed by atoms with Gasteiger partial charge in [0.1, 0.15) is 11.9 Å². The number of carbonyl (C=O) groups is 1. The molecule has 0 radical (unpaired) electrons. The van der Waals surface area contributed by atoms with Crippen molar-refractivity contribution in [2.45, 2.75) is 63.5 Å². The lowest BCUT2D eigenvalue weighted by molar-refractivity contribution is 0.0880. The van der Waals surface area contributed by atoms with E-state index in [1.54, 1.807) is 18.3 Å². The highest BCUT2D eigenvalue weighted by Crippen LogP contribution is 2.26. The number of ether oxygens (including phenoxy) is 1. The Morgan fingerprint density at radius 3 is 2.77 bits per heavy atom. The van der Waals surface area contributed by atoms with Crippen LogP contribution in [0.2, 0.25) is 5.02 Å². The van der Waals surface area contributed by atoms with Gasteiger partial charge in [-0.1, -0.05) is 16.8 Å². The number of hydrogen-bond donors (Lipinski definition) is 1. The number of fused-ring (bicyclic) bond motifs is 1.